The Hall–Kier alpha value is -2.22. The molecule has 1 aromatic rings. The highest BCUT2D eigenvalue weighted by Crippen LogP contribution is 2.19. The zero-order valence-corrected chi connectivity index (χ0v) is 8.16. The first kappa shape index (κ1) is 10.9. The predicted octanol–water partition coefficient (Wildman–Crippen LogP) is 0.428. The van der Waals surface area contributed by atoms with Gasteiger partial charge in [-0.1, -0.05) is 0 Å². The summed E-state index contributed by atoms with van der Waals surface area (Å²) in [7, 11) is 0. The standard InChI is InChI=1S/C10H12N4O/c11-6-7-1-2-8(12)9(5-7)14-4-3-10(13)15/h1-2,5,14H,3-4,12H2,(H2,13,15). The maximum absolute atomic E-state index is 10.5. The van der Waals surface area contributed by atoms with Gasteiger partial charge in [0, 0.05) is 13.0 Å². The third-order valence-electron chi connectivity index (χ3n) is 1.87. The number of hydrogen-bond acceptors (Lipinski definition) is 4. The van der Waals surface area contributed by atoms with E-state index in [1.807, 2.05) is 6.07 Å². The van der Waals surface area contributed by atoms with Crippen molar-refractivity contribution in [1.29, 1.82) is 5.26 Å². The summed E-state index contributed by atoms with van der Waals surface area (Å²) in [5.41, 5.74) is 12.4. The molecule has 5 nitrogen and oxygen atoms in total. The fourth-order valence-corrected chi connectivity index (χ4v) is 1.10. The summed E-state index contributed by atoms with van der Waals surface area (Å²) in [6, 6.07) is 6.92. The van der Waals surface area contributed by atoms with Crippen molar-refractivity contribution in [2.75, 3.05) is 17.6 Å². The van der Waals surface area contributed by atoms with Gasteiger partial charge in [0.05, 0.1) is 23.0 Å². The first-order chi connectivity index (χ1) is 7.13. The summed E-state index contributed by atoms with van der Waals surface area (Å²) >= 11 is 0. The van der Waals surface area contributed by atoms with E-state index < -0.39 is 0 Å². The van der Waals surface area contributed by atoms with Gasteiger partial charge in [-0.3, -0.25) is 4.79 Å². The molecule has 15 heavy (non-hydrogen) atoms. The highest BCUT2D eigenvalue weighted by atomic mass is 16.1. The summed E-state index contributed by atoms with van der Waals surface area (Å²) in [6.07, 6.45) is 0.232. The molecule has 0 atom stereocenters. The smallest absolute Gasteiger partial charge is 0.219 e. The van der Waals surface area contributed by atoms with E-state index in [0.29, 0.717) is 23.5 Å². The Labute approximate surface area is 87.7 Å². The van der Waals surface area contributed by atoms with Crippen molar-refractivity contribution in [2.45, 2.75) is 6.42 Å². The predicted molar refractivity (Wildman–Crippen MR) is 57.9 cm³/mol. The van der Waals surface area contributed by atoms with Gasteiger partial charge in [-0.15, -0.1) is 0 Å². The molecule has 5 heteroatoms. The van der Waals surface area contributed by atoms with Gasteiger partial charge < -0.3 is 16.8 Å². The lowest BCUT2D eigenvalue weighted by Gasteiger charge is -2.08. The molecule has 0 unspecified atom stereocenters. The zero-order chi connectivity index (χ0) is 11.3. The van der Waals surface area contributed by atoms with E-state index in [2.05, 4.69) is 5.32 Å². The number of rotatable bonds is 4. The van der Waals surface area contributed by atoms with Crippen LogP contribution in [0.15, 0.2) is 18.2 Å². The van der Waals surface area contributed by atoms with E-state index in [0.717, 1.165) is 0 Å². The maximum atomic E-state index is 10.5. The molecule has 5 N–H and O–H groups in total. The molecule has 0 spiro atoms. The lowest BCUT2D eigenvalue weighted by Crippen LogP contribution is -2.16. The molecule has 1 amide bonds. The molecule has 0 aromatic heterocycles. The van der Waals surface area contributed by atoms with Crippen molar-refractivity contribution in [1.82, 2.24) is 0 Å². The monoisotopic (exact) mass is 204 g/mol. The van der Waals surface area contributed by atoms with Crippen LogP contribution in [0.25, 0.3) is 0 Å². The Balaban J connectivity index is 2.68. The van der Waals surface area contributed by atoms with Crippen molar-refractivity contribution < 1.29 is 4.79 Å². The Morgan fingerprint density at radius 3 is 2.87 bits per heavy atom. The number of nitrogens with one attached hydrogen (secondary N) is 1. The van der Waals surface area contributed by atoms with Crippen LogP contribution >= 0.6 is 0 Å². The minimum Gasteiger partial charge on any atom is -0.397 e. The van der Waals surface area contributed by atoms with Gasteiger partial charge in [-0.2, -0.15) is 5.26 Å². The number of anilines is 2. The molecule has 1 rings (SSSR count). The molecular weight excluding hydrogens is 192 g/mol. The van der Waals surface area contributed by atoms with Gasteiger partial charge in [0.15, 0.2) is 0 Å². The van der Waals surface area contributed by atoms with Gasteiger partial charge in [-0.05, 0) is 18.2 Å². The van der Waals surface area contributed by atoms with Crippen LogP contribution in [0.4, 0.5) is 11.4 Å². The first-order valence-corrected chi connectivity index (χ1v) is 4.45. The van der Waals surface area contributed by atoms with Crippen LogP contribution in [0.2, 0.25) is 0 Å². The highest BCUT2D eigenvalue weighted by molar-refractivity contribution is 5.75. The molecule has 0 aliphatic rings. The van der Waals surface area contributed by atoms with E-state index in [1.54, 1.807) is 18.2 Å². The maximum Gasteiger partial charge on any atom is 0.219 e. The topological polar surface area (TPSA) is 105 Å². The highest BCUT2D eigenvalue weighted by Gasteiger charge is 2.01. The second-order valence-electron chi connectivity index (χ2n) is 3.06. The molecule has 78 valence electrons. The third-order valence-corrected chi connectivity index (χ3v) is 1.87. The Bertz CT molecular complexity index is 408. The van der Waals surface area contributed by atoms with Crippen LogP contribution in [0, 0.1) is 11.3 Å². The second kappa shape index (κ2) is 4.86. The van der Waals surface area contributed by atoms with Crippen LogP contribution < -0.4 is 16.8 Å². The van der Waals surface area contributed by atoms with Crippen LogP contribution in [0.3, 0.4) is 0 Å². The summed E-state index contributed by atoms with van der Waals surface area (Å²) in [6.45, 7) is 0.411. The lowest BCUT2D eigenvalue weighted by atomic mass is 10.2. The van der Waals surface area contributed by atoms with Crippen LogP contribution in [0.1, 0.15) is 12.0 Å². The summed E-state index contributed by atoms with van der Waals surface area (Å²) < 4.78 is 0. The SMILES string of the molecule is N#Cc1ccc(N)c(NCCC(N)=O)c1. The Kier molecular flexibility index (Phi) is 3.52. The normalized spacial score (nSPS) is 9.27. The van der Waals surface area contributed by atoms with Gasteiger partial charge in [0.25, 0.3) is 0 Å². The molecule has 0 radical (unpaired) electrons. The van der Waals surface area contributed by atoms with E-state index in [-0.39, 0.29) is 12.3 Å². The van der Waals surface area contributed by atoms with E-state index >= 15 is 0 Å². The average Bonchev–Trinajstić information content (AvgIpc) is 2.20. The molecule has 0 aliphatic carbocycles. The number of carbonyl (C=O) groups excluding carboxylic acids is 1. The Morgan fingerprint density at radius 1 is 1.53 bits per heavy atom. The minimum atomic E-state index is -0.377. The quantitative estimate of drug-likeness (QED) is 0.618. The van der Waals surface area contributed by atoms with Crippen LogP contribution in [-0.2, 0) is 4.79 Å². The number of benzene rings is 1. The van der Waals surface area contributed by atoms with Crippen molar-refractivity contribution in [3.05, 3.63) is 23.8 Å². The van der Waals surface area contributed by atoms with Crippen LogP contribution in [0.5, 0.6) is 0 Å². The largest absolute Gasteiger partial charge is 0.397 e. The molecule has 0 heterocycles. The second-order valence-corrected chi connectivity index (χ2v) is 3.06. The number of hydrogen-bond donors (Lipinski definition) is 3. The number of carbonyl (C=O) groups is 1. The minimum absolute atomic E-state index is 0.232. The van der Waals surface area contributed by atoms with Crippen molar-refractivity contribution in [2.24, 2.45) is 5.73 Å². The fourth-order valence-electron chi connectivity index (χ4n) is 1.10. The van der Waals surface area contributed by atoms with E-state index in [9.17, 15) is 4.79 Å². The summed E-state index contributed by atoms with van der Waals surface area (Å²) in [4.78, 5) is 10.5. The summed E-state index contributed by atoms with van der Waals surface area (Å²) in [5, 5.41) is 11.6. The van der Waals surface area contributed by atoms with Gasteiger partial charge >= 0.3 is 0 Å². The van der Waals surface area contributed by atoms with Gasteiger partial charge in [0.2, 0.25) is 5.91 Å². The van der Waals surface area contributed by atoms with E-state index in [4.69, 9.17) is 16.7 Å². The molecule has 0 bridgehead atoms. The number of amides is 1. The van der Waals surface area contributed by atoms with Crippen molar-refractivity contribution in [3.8, 4) is 6.07 Å². The number of nitrogen functional groups attached to an aromatic ring is 1. The van der Waals surface area contributed by atoms with Gasteiger partial charge in [0.1, 0.15) is 0 Å². The average molecular weight is 204 g/mol. The zero-order valence-electron chi connectivity index (χ0n) is 8.16. The van der Waals surface area contributed by atoms with Crippen molar-refractivity contribution in [3.63, 3.8) is 0 Å². The van der Waals surface area contributed by atoms with Crippen LogP contribution in [-0.4, -0.2) is 12.5 Å². The fraction of sp³-hybridized carbons (Fsp3) is 0.200. The third kappa shape index (κ3) is 3.19. The molecule has 0 fully saturated rings. The lowest BCUT2D eigenvalue weighted by molar-refractivity contribution is -0.117. The molecule has 0 saturated heterocycles. The molecule has 0 saturated carbocycles. The Morgan fingerprint density at radius 2 is 2.27 bits per heavy atom. The summed E-state index contributed by atoms with van der Waals surface area (Å²) in [5.74, 6) is -0.377. The van der Waals surface area contributed by atoms with Crippen molar-refractivity contribution >= 4 is 17.3 Å². The number of nitrogens with zero attached hydrogens (tertiary/aromatic N) is 1. The van der Waals surface area contributed by atoms with Gasteiger partial charge in [-0.25, -0.2) is 0 Å². The molecule has 1 aromatic carbocycles. The first-order valence-electron chi connectivity index (χ1n) is 4.45. The molecular formula is C10H12N4O. The number of primary amides is 1. The number of nitrogens with two attached hydrogens (primary N) is 2. The van der Waals surface area contributed by atoms with E-state index in [1.165, 1.54) is 0 Å². The number of nitriles is 1. The molecule has 0 aliphatic heterocycles.